The average Bonchev–Trinajstić information content (AvgIpc) is 2.61. The molecule has 0 radical (unpaired) electrons. The van der Waals surface area contributed by atoms with E-state index in [4.69, 9.17) is 14.6 Å². The fourth-order valence-electron chi connectivity index (χ4n) is 2.67. The van der Waals surface area contributed by atoms with Crippen LogP contribution in [0.5, 0.6) is 11.5 Å². The van der Waals surface area contributed by atoms with Crippen molar-refractivity contribution in [1.29, 1.82) is 0 Å². The molecule has 0 atom stereocenters. The van der Waals surface area contributed by atoms with Gasteiger partial charge in [-0.1, -0.05) is 6.07 Å². The van der Waals surface area contributed by atoms with E-state index in [9.17, 15) is 9.59 Å². The first kappa shape index (κ1) is 16.5. The number of nitrogens with one attached hydrogen (secondary N) is 1. The molecule has 0 aliphatic rings. The number of hydrogen-bond acceptors (Lipinski definition) is 5. The highest BCUT2D eigenvalue weighted by Crippen LogP contribution is 2.29. The summed E-state index contributed by atoms with van der Waals surface area (Å²) in [6.07, 6.45) is 0.273. The van der Waals surface area contributed by atoms with Crippen LogP contribution in [-0.2, 0) is 6.42 Å². The molecule has 0 saturated carbocycles. The summed E-state index contributed by atoms with van der Waals surface area (Å²) in [6, 6.07) is 9.61. The Labute approximate surface area is 142 Å². The standard InChI is InChI=1S/C18H16N2O5/c1-24-14-4-3-5-15(25-2)12(14)9-16-19-13-8-10(18(22)23)6-7-11(13)17(21)20-16/h3-8H,9H2,1-2H3,(H,22,23)(H,19,20,21). The van der Waals surface area contributed by atoms with Crippen molar-refractivity contribution in [3.05, 3.63) is 63.7 Å². The minimum absolute atomic E-state index is 0.0754. The summed E-state index contributed by atoms with van der Waals surface area (Å²) in [5.41, 5.74) is 0.814. The van der Waals surface area contributed by atoms with Gasteiger partial charge in [-0.3, -0.25) is 4.79 Å². The predicted octanol–water partition coefficient (Wildman–Crippen LogP) is 2.23. The maximum Gasteiger partial charge on any atom is 0.335 e. The molecule has 7 nitrogen and oxygen atoms in total. The molecule has 25 heavy (non-hydrogen) atoms. The highest BCUT2D eigenvalue weighted by molar-refractivity contribution is 5.92. The van der Waals surface area contributed by atoms with Crippen molar-refractivity contribution in [3.8, 4) is 11.5 Å². The van der Waals surface area contributed by atoms with Gasteiger partial charge >= 0.3 is 5.97 Å². The highest BCUT2D eigenvalue weighted by Gasteiger charge is 2.14. The van der Waals surface area contributed by atoms with Crippen molar-refractivity contribution in [2.45, 2.75) is 6.42 Å². The van der Waals surface area contributed by atoms with E-state index < -0.39 is 5.97 Å². The molecule has 1 aromatic heterocycles. The lowest BCUT2D eigenvalue weighted by Gasteiger charge is -2.12. The Bertz CT molecular complexity index is 988. The molecule has 0 aliphatic heterocycles. The quantitative estimate of drug-likeness (QED) is 0.738. The Morgan fingerprint density at radius 3 is 2.44 bits per heavy atom. The fourth-order valence-corrected chi connectivity index (χ4v) is 2.67. The summed E-state index contributed by atoms with van der Waals surface area (Å²) in [5.74, 6) is 0.544. The molecule has 3 aromatic rings. The first-order chi connectivity index (χ1) is 12.0. The van der Waals surface area contributed by atoms with Gasteiger partial charge in [0.1, 0.15) is 17.3 Å². The SMILES string of the molecule is COc1cccc(OC)c1Cc1nc2cc(C(=O)O)ccc2c(=O)[nH]1. The molecule has 0 amide bonds. The monoisotopic (exact) mass is 340 g/mol. The van der Waals surface area contributed by atoms with Gasteiger partial charge in [0.2, 0.25) is 0 Å². The maximum atomic E-state index is 12.3. The molecular formula is C18H16N2O5. The summed E-state index contributed by atoms with van der Waals surface area (Å²) in [4.78, 5) is 30.5. The van der Waals surface area contributed by atoms with Gasteiger partial charge in [-0.2, -0.15) is 0 Å². The second kappa shape index (κ2) is 6.64. The zero-order chi connectivity index (χ0) is 18.0. The van der Waals surface area contributed by atoms with Gasteiger partial charge in [0.25, 0.3) is 5.56 Å². The van der Waals surface area contributed by atoms with Gasteiger partial charge in [0.15, 0.2) is 0 Å². The molecule has 2 N–H and O–H groups in total. The summed E-state index contributed by atoms with van der Waals surface area (Å²) < 4.78 is 10.7. The number of carbonyl (C=O) groups is 1. The van der Waals surface area contributed by atoms with Crippen LogP contribution in [0.25, 0.3) is 10.9 Å². The summed E-state index contributed by atoms with van der Waals surface area (Å²) >= 11 is 0. The smallest absolute Gasteiger partial charge is 0.335 e. The van der Waals surface area contributed by atoms with E-state index in [1.807, 2.05) is 0 Å². The zero-order valence-corrected chi connectivity index (χ0v) is 13.7. The topological polar surface area (TPSA) is 102 Å². The third-order valence-electron chi connectivity index (χ3n) is 3.88. The number of benzene rings is 2. The lowest BCUT2D eigenvalue weighted by atomic mass is 10.1. The van der Waals surface area contributed by atoms with Crippen LogP contribution >= 0.6 is 0 Å². The summed E-state index contributed by atoms with van der Waals surface area (Å²) in [7, 11) is 3.10. The van der Waals surface area contributed by atoms with E-state index in [0.29, 0.717) is 28.2 Å². The van der Waals surface area contributed by atoms with Gasteiger partial charge in [-0.25, -0.2) is 9.78 Å². The Balaban J connectivity index is 2.11. The number of hydrogen-bond donors (Lipinski definition) is 2. The Morgan fingerprint density at radius 2 is 1.84 bits per heavy atom. The Hall–Kier alpha value is -3.35. The number of fused-ring (bicyclic) bond motifs is 1. The molecule has 0 aliphatic carbocycles. The van der Waals surface area contributed by atoms with Crippen LogP contribution < -0.4 is 15.0 Å². The molecular weight excluding hydrogens is 324 g/mol. The van der Waals surface area contributed by atoms with Gasteiger partial charge in [0.05, 0.1) is 30.7 Å². The Kier molecular flexibility index (Phi) is 4.38. The number of aromatic amines is 1. The average molecular weight is 340 g/mol. The maximum absolute atomic E-state index is 12.3. The summed E-state index contributed by atoms with van der Waals surface area (Å²) in [5, 5.41) is 9.44. The molecule has 0 spiro atoms. The van der Waals surface area contributed by atoms with E-state index in [1.165, 1.54) is 18.2 Å². The van der Waals surface area contributed by atoms with Gasteiger partial charge in [-0.05, 0) is 30.3 Å². The third-order valence-corrected chi connectivity index (χ3v) is 3.88. The molecule has 0 bridgehead atoms. The van der Waals surface area contributed by atoms with Crippen LogP contribution in [0.4, 0.5) is 0 Å². The number of H-pyrrole nitrogens is 1. The first-order valence-electron chi connectivity index (χ1n) is 7.49. The highest BCUT2D eigenvalue weighted by atomic mass is 16.5. The first-order valence-corrected chi connectivity index (χ1v) is 7.49. The lowest BCUT2D eigenvalue weighted by molar-refractivity contribution is 0.0697. The molecule has 2 aromatic carbocycles. The van der Waals surface area contributed by atoms with Crippen molar-refractivity contribution in [1.82, 2.24) is 9.97 Å². The van der Waals surface area contributed by atoms with Crippen molar-refractivity contribution >= 4 is 16.9 Å². The number of methoxy groups -OCH3 is 2. The zero-order valence-electron chi connectivity index (χ0n) is 13.7. The van der Waals surface area contributed by atoms with Crippen molar-refractivity contribution in [2.75, 3.05) is 14.2 Å². The normalized spacial score (nSPS) is 10.6. The van der Waals surface area contributed by atoms with Crippen LogP contribution in [0.1, 0.15) is 21.7 Å². The van der Waals surface area contributed by atoms with Crippen molar-refractivity contribution in [2.24, 2.45) is 0 Å². The van der Waals surface area contributed by atoms with E-state index in [-0.39, 0.29) is 17.5 Å². The number of carboxylic acid groups (broad SMARTS) is 1. The summed E-state index contributed by atoms with van der Waals surface area (Å²) in [6.45, 7) is 0. The molecule has 128 valence electrons. The van der Waals surface area contributed by atoms with Crippen LogP contribution in [0.15, 0.2) is 41.2 Å². The van der Waals surface area contributed by atoms with Crippen LogP contribution in [-0.4, -0.2) is 35.3 Å². The molecule has 0 unspecified atom stereocenters. The van der Waals surface area contributed by atoms with Crippen LogP contribution in [0, 0.1) is 0 Å². The number of aromatic nitrogens is 2. The minimum atomic E-state index is -1.07. The number of aromatic carboxylic acids is 1. The van der Waals surface area contributed by atoms with Crippen LogP contribution in [0.2, 0.25) is 0 Å². The van der Waals surface area contributed by atoms with Crippen LogP contribution in [0.3, 0.4) is 0 Å². The largest absolute Gasteiger partial charge is 0.496 e. The molecule has 7 heteroatoms. The second-order valence-electron chi connectivity index (χ2n) is 5.37. The third kappa shape index (κ3) is 3.16. The van der Waals surface area contributed by atoms with E-state index in [1.54, 1.807) is 32.4 Å². The van der Waals surface area contributed by atoms with Crippen molar-refractivity contribution in [3.63, 3.8) is 0 Å². The Morgan fingerprint density at radius 1 is 1.16 bits per heavy atom. The lowest BCUT2D eigenvalue weighted by Crippen LogP contribution is -2.13. The molecule has 0 fully saturated rings. The fraction of sp³-hybridized carbons (Fsp3) is 0.167. The van der Waals surface area contributed by atoms with E-state index in [2.05, 4.69) is 9.97 Å². The number of nitrogens with zero attached hydrogens (tertiary/aromatic N) is 1. The van der Waals surface area contributed by atoms with E-state index in [0.717, 1.165) is 5.56 Å². The van der Waals surface area contributed by atoms with Gasteiger partial charge in [0, 0.05) is 12.0 Å². The van der Waals surface area contributed by atoms with E-state index >= 15 is 0 Å². The number of ether oxygens (including phenoxy) is 2. The van der Waals surface area contributed by atoms with Gasteiger partial charge in [-0.15, -0.1) is 0 Å². The molecule has 0 saturated heterocycles. The number of carboxylic acids is 1. The minimum Gasteiger partial charge on any atom is -0.496 e. The second-order valence-corrected chi connectivity index (χ2v) is 5.37. The molecule has 1 heterocycles. The van der Waals surface area contributed by atoms with Gasteiger partial charge < -0.3 is 19.6 Å². The van der Waals surface area contributed by atoms with Crippen molar-refractivity contribution < 1.29 is 19.4 Å². The number of rotatable bonds is 5. The predicted molar refractivity (Wildman–Crippen MR) is 91.7 cm³/mol. The molecule has 3 rings (SSSR count).